The van der Waals surface area contributed by atoms with Crippen molar-refractivity contribution in [3.8, 4) is 0 Å². The highest BCUT2D eigenvalue weighted by Gasteiger charge is 2.28. The fourth-order valence-electron chi connectivity index (χ4n) is 1.71. The molecule has 0 atom stereocenters. The van der Waals surface area contributed by atoms with Crippen molar-refractivity contribution in [3.05, 3.63) is 33.5 Å². The molecule has 0 saturated heterocycles. The fourth-order valence-corrected chi connectivity index (χ4v) is 2.48. The summed E-state index contributed by atoms with van der Waals surface area (Å²) in [5, 5.41) is 9.35. The minimum atomic E-state index is -4.31. The summed E-state index contributed by atoms with van der Waals surface area (Å²) < 4.78 is 38.8. The van der Waals surface area contributed by atoms with Gasteiger partial charge in [-0.1, -0.05) is 0 Å². The van der Waals surface area contributed by atoms with Crippen molar-refractivity contribution in [3.63, 3.8) is 0 Å². The molecule has 1 N–H and O–H groups in total. The van der Waals surface area contributed by atoms with Gasteiger partial charge in [0.2, 0.25) is 0 Å². The lowest BCUT2D eigenvalue weighted by Crippen LogP contribution is -2.16. The number of hydrogen-bond acceptors (Lipinski definition) is 1. The standard InChI is InChI=1S/C11H7F3INO2/c12-11(13,14)5-16-4-8(15)7-3-6(10(17)18)1-2-9(7)16/h1-4H,5H2,(H,17,18). The summed E-state index contributed by atoms with van der Waals surface area (Å²) in [6, 6.07) is 4.08. The van der Waals surface area contributed by atoms with Crippen LogP contribution in [0.15, 0.2) is 24.4 Å². The third-order valence-corrected chi connectivity index (χ3v) is 3.29. The first-order chi connectivity index (χ1) is 8.28. The number of halogens is 4. The molecule has 96 valence electrons. The second kappa shape index (κ2) is 4.45. The van der Waals surface area contributed by atoms with Gasteiger partial charge in [0.05, 0.1) is 5.56 Å². The summed E-state index contributed by atoms with van der Waals surface area (Å²) in [6.07, 6.45) is -2.94. The normalized spacial score (nSPS) is 12.0. The Morgan fingerprint density at radius 2 is 2.06 bits per heavy atom. The van der Waals surface area contributed by atoms with Crippen LogP contribution in [-0.4, -0.2) is 21.8 Å². The molecular weight excluding hydrogens is 362 g/mol. The molecule has 0 amide bonds. The molecule has 7 heteroatoms. The summed E-state index contributed by atoms with van der Waals surface area (Å²) in [4.78, 5) is 10.8. The van der Waals surface area contributed by atoms with E-state index in [1.54, 1.807) is 0 Å². The van der Waals surface area contributed by atoms with Crippen molar-refractivity contribution in [2.24, 2.45) is 0 Å². The van der Waals surface area contributed by atoms with Crippen molar-refractivity contribution in [2.75, 3.05) is 0 Å². The summed E-state index contributed by atoms with van der Waals surface area (Å²) in [5.41, 5.74) is 0.437. The number of rotatable bonds is 2. The number of aromatic carboxylic acids is 1. The van der Waals surface area contributed by atoms with Crippen LogP contribution in [0.4, 0.5) is 13.2 Å². The lowest BCUT2D eigenvalue weighted by Gasteiger charge is -2.08. The minimum absolute atomic E-state index is 0.0603. The topological polar surface area (TPSA) is 42.2 Å². The average Bonchev–Trinajstić information content (AvgIpc) is 2.53. The number of alkyl halides is 3. The van der Waals surface area contributed by atoms with Gasteiger partial charge < -0.3 is 9.67 Å². The van der Waals surface area contributed by atoms with Gasteiger partial charge in [0.1, 0.15) is 6.54 Å². The van der Waals surface area contributed by atoms with Gasteiger partial charge in [-0.2, -0.15) is 13.2 Å². The van der Waals surface area contributed by atoms with Gasteiger partial charge in [-0.15, -0.1) is 0 Å². The molecule has 18 heavy (non-hydrogen) atoms. The largest absolute Gasteiger partial charge is 0.478 e. The number of hydrogen-bond donors (Lipinski definition) is 1. The van der Waals surface area contributed by atoms with Crippen LogP contribution >= 0.6 is 22.6 Å². The number of nitrogens with zero attached hydrogens (tertiary/aromatic N) is 1. The van der Waals surface area contributed by atoms with E-state index >= 15 is 0 Å². The van der Waals surface area contributed by atoms with Crippen molar-refractivity contribution in [1.82, 2.24) is 4.57 Å². The van der Waals surface area contributed by atoms with E-state index in [4.69, 9.17) is 5.11 Å². The summed E-state index contributed by atoms with van der Waals surface area (Å²) in [6.45, 7) is -1.08. The number of carboxylic acids is 1. The van der Waals surface area contributed by atoms with E-state index in [0.717, 1.165) is 4.57 Å². The Morgan fingerprint density at radius 3 is 2.61 bits per heavy atom. The Bertz CT molecular complexity index is 619. The third-order valence-electron chi connectivity index (χ3n) is 2.43. The van der Waals surface area contributed by atoms with Crippen LogP contribution in [0.2, 0.25) is 0 Å². The molecule has 1 heterocycles. The van der Waals surface area contributed by atoms with E-state index in [9.17, 15) is 18.0 Å². The maximum absolute atomic E-state index is 12.4. The van der Waals surface area contributed by atoms with Crippen LogP contribution in [0.1, 0.15) is 10.4 Å². The van der Waals surface area contributed by atoms with E-state index in [1.807, 2.05) is 22.6 Å². The van der Waals surface area contributed by atoms with Crippen molar-refractivity contribution < 1.29 is 23.1 Å². The van der Waals surface area contributed by atoms with Gasteiger partial charge >= 0.3 is 12.1 Å². The molecule has 0 bridgehead atoms. The maximum Gasteiger partial charge on any atom is 0.406 e. The first-order valence-corrected chi connectivity index (χ1v) is 5.94. The number of carboxylic acid groups (broad SMARTS) is 1. The zero-order valence-corrected chi connectivity index (χ0v) is 11.0. The molecule has 0 spiro atoms. The van der Waals surface area contributed by atoms with E-state index in [1.165, 1.54) is 24.4 Å². The summed E-state index contributed by atoms with van der Waals surface area (Å²) >= 11 is 1.89. The molecule has 2 aromatic rings. The molecule has 0 fully saturated rings. The minimum Gasteiger partial charge on any atom is -0.478 e. The van der Waals surface area contributed by atoms with Crippen LogP contribution in [0.5, 0.6) is 0 Å². The first-order valence-electron chi connectivity index (χ1n) is 4.86. The Balaban J connectivity index is 2.56. The fraction of sp³-hybridized carbons (Fsp3) is 0.182. The number of aromatic nitrogens is 1. The van der Waals surface area contributed by atoms with E-state index < -0.39 is 18.7 Å². The Hall–Kier alpha value is -1.25. The highest BCUT2D eigenvalue weighted by atomic mass is 127. The molecule has 0 unspecified atom stereocenters. The van der Waals surface area contributed by atoms with Crippen LogP contribution in [0.25, 0.3) is 10.9 Å². The molecule has 0 aliphatic rings. The molecular formula is C11H7F3INO2. The smallest absolute Gasteiger partial charge is 0.406 e. The number of carbonyl (C=O) groups is 1. The quantitative estimate of drug-likeness (QED) is 0.824. The van der Waals surface area contributed by atoms with Gasteiger partial charge in [0.25, 0.3) is 0 Å². The molecule has 0 aliphatic carbocycles. The molecule has 2 rings (SSSR count). The van der Waals surface area contributed by atoms with Gasteiger partial charge in [-0.25, -0.2) is 4.79 Å². The van der Waals surface area contributed by atoms with Gasteiger partial charge in [-0.3, -0.25) is 0 Å². The van der Waals surface area contributed by atoms with Gasteiger partial charge in [0.15, 0.2) is 0 Å². The van der Waals surface area contributed by atoms with E-state index in [-0.39, 0.29) is 5.56 Å². The number of benzene rings is 1. The van der Waals surface area contributed by atoms with Crippen LogP contribution in [0.3, 0.4) is 0 Å². The third kappa shape index (κ3) is 2.60. The second-order valence-corrected chi connectivity index (χ2v) is 4.92. The highest BCUT2D eigenvalue weighted by molar-refractivity contribution is 14.1. The monoisotopic (exact) mass is 369 g/mol. The summed E-state index contributed by atoms with van der Waals surface area (Å²) in [5.74, 6) is -1.10. The Kier molecular flexibility index (Phi) is 3.26. The predicted molar refractivity (Wildman–Crippen MR) is 67.7 cm³/mol. The zero-order valence-electron chi connectivity index (χ0n) is 8.83. The molecule has 0 saturated carbocycles. The van der Waals surface area contributed by atoms with Crippen molar-refractivity contribution >= 4 is 39.5 Å². The van der Waals surface area contributed by atoms with Gasteiger partial charge in [0, 0.05) is 20.7 Å². The van der Waals surface area contributed by atoms with Crippen molar-refractivity contribution in [2.45, 2.75) is 12.7 Å². The van der Waals surface area contributed by atoms with Gasteiger partial charge in [-0.05, 0) is 40.8 Å². The molecule has 0 radical (unpaired) electrons. The molecule has 1 aromatic carbocycles. The number of fused-ring (bicyclic) bond motifs is 1. The zero-order chi connectivity index (χ0) is 13.5. The Labute approximate surface area is 113 Å². The summed E-state index contributed by atoms with van der Waals surface area (Å²) in [7, 11) is 0. The lowest BCUT2D eigenvalue weighted by atomic mass is 10.1. The van der Waals surface area contributed by atoms with Crippen LogP contribution in [0, 0.1) is 3.57 Å². The molecule has 0 aliphatic heterocycles. The predicted octanol–water partition coefficient (Wildman–Crippen LogP) is 3.51. The van der Waals surface area contributed by atoms with E-state index in [0.29, 0.717) is 14.5 Å². The average molecular weight is 369 g/mol. The van der Waals surface area contributed by atoms with E-state index in [2.05, 4.69) is 0 Å². The highest BCUT2D eigenvalue weighted by Crippen LogP contribution is 2.27. The molecule has 1 aromatic heterocycles. The lowest BCUT2D eigenvalue weighted by molar-refractivity contribution is -0.139. The van der Waals surface area contributed by atoms with Crippen LogP contribution in [-0.2, 0) is 6.54 Å². The van der Waals surface area contributed by atoms with Crippen LogP contribution < -0.4 is 0 Å². The SMILES string of the molecule is O=C(O)c1ccc2c(c1)c(I)cn2CC(F)(F)F. The molecule has 3 nitrogen and oxygen atoms in total. The second-order valence-electron chi connectivity index (χ2n) is 3.76. The maximum atomic E-state index is 12.4. The van der Waals surface area contributed by atoms with Crippen molar-refractivity contribution in [1.29, 1.82) is 0 Å². The first kappa shape index (κ1) is 13.2. The Morgan fingerprint density at radius 1 is 1.39 bits per heavy atom.